The van der Waals surface area contributed by atoms with Gasteiger partial charge in [-0.1, -0.05) is 18.2 Å². The average molecular weight is 311 g/mol. The summed E-state index contributed by atoms with van der Waals surface area (Å²) in [6.07, 6.45) is 0.713. The van der Waals surface area contributed by atoms with Gasteiger partial charge in [0.2, 0.25) is 11.2 Å². The van der Waals surface area contributed by atoms with E-state index < -0.39 is 0 Å². The summed E-state index contributed by atoms with van der Waals surface area (Å²) in [6.45, 7) is 1.98. The molecule has 1 aromatic carbocycles. The van der Waals surface area contributed by atoms with Crippen LogP contribution in [-0.2, 0) is 23.6 Å². The van der Waals surface area contributed by atoms with Gasteiger partial charge in [0.1, 0.15) is 11.6 Å². The first kappa shape index (κ1) is 15.3. The molecule has 1 aromatic heterocycles. The number of ether oxygens (including phenoxy) is 1. The fraction of sp³-hybridized carbons (Fsp3) is 0.357. The lowest BCUT2D eigenvalue weighted by atomic mass is 10.1. The van der Waals surface area contributed by atoms with Crippen LogP contribution in [0.4, 0.5) is 5.88 Å². The van der Waals surface area contributed by atoms with Gasteiger partial charge in [0.25, 0.3) is 5.69 Å². The summed E-state index contributed by atoms with van der Waals surface area (Å²) < 4.78 is 12.1. The summed E-state index contributed by atoms with van der Waals surface area (Å²) in [4.78, 5) is 11.1. The molecule has 2 rings (SSSR count). The molecule has 0 fully saturated rings. The minimum atomic E-state index is -0.227. The van der Waals surface area contributed by atoms with Crippen molar-refractivity contribution in [1.29, 1.82) is 0 Å². The number of aromatic nitrogens is 2. The van der Waals surface area contributed by atoms with Gasteiger partial charge in [0, 0.05) is 18.9 Å². The molecule has 1 heterocycles. The summed E-state index contributed by atoms with van der Waals surface area (Å²) in [7, 11) is 1.64. The van der Waals surface area contributed by atoms with Crippen molar-refractivity contribution in [3.8, 4) is 5.75 Å². The first-order valence-electron chi connectivity index (χ1n) is 6.49. The van der Waals surface area contributed by atoms with E-state index >= 15 is 0 Å². The first-order chi connectivity index (χ1) is 10.2. The fourth-order valence-electron chi connectivity index (χ4n) is 2.01. The molecule has 0 spiro atoms. The van der Waals surface area contributed by atoms with Crippen molar-refractivity contribution in [2.24, 2.45) is 0 Å². The Balaban J connectivity index is 2.13. The average Bonchev–Trinajstić information content (AvgIpc) is 2.86. The van der Waals surface area contributed by atoms with Crippen molar-refractivity contribution in [3.05, 3.63) is 35.5 Å². The Labute approximate surface area is 127 Å². The second-order valence-corrected chi connectivity index (χ2v) is 4.72. The molecule has 0 aliphatic carbocycles. The van der Waals surface area contributed by atoms with Gasteiger partial charge in [-0.05, 0) is 10.7 Å². The van der Waals surface area contributed by atoms with Crippen LogP contribution in [0.2, 0.25) is 0 Å². The van der Waals surface area contributed by atoms with E-state index in [0.717, 1.165) is 11.3 Å². The third-order valence-electron chi connectivity index (χ3n) is 3.01. The van der Waals surface area contributed by atoms with Crippen molar-refractivity contribution in [3.63, 3.8) is 0 Å². The van der Waals surface area contributed by atoms with Crippen molar-refractivity contribution in [2.45, 2.75) is 25.8 Å². The molecule has 21 heavy (non-hydrogen) atoms. The molecule has 1 N–H and O–H groups in total. The lowest BCUT2D eigenvalue weighted by Gasteiger charge is -2.05. The molecule has 0 unspecified atom stereocenters. The van der Waals surface area contributed by atoms with Crippen molar-refractivity contribution in [1.82, 2.24) is 5.27 Å². The van der Waals surface area contributed by atoms with E-state index in [2.05, 4.69) is 10.6 Å². The lowest BCUT2D eigenvalue weighted by molar-refractivity contribution is -0.767. The van der Waals surface area contributed by atoms with Crippen LogP contribution >= 0.6 is 11.6 Å². The summed E-state index contributed by atoms with van der Waals surface area (Å²) in [5, 5.41) is 6.48. The highest BCUT2D eigenvalue weighted by atomic mass is 35.5. The number of hydrogen-bond acceptors (Lipinski definition) is 4. The van der Waals surface area contributed by atoms with Crippen LogP contribution in [0.5, 0.6) is 5.75 Å². The summed E-state index contributed by atoms with van der Waals surface area (Å²) in [6, 6.07) is 7.78. The van der Waals surface area contributed by atoms with Crippen molar-refractivity contribution < 1.29 is 18.7 Å². The smallest absolute Gasteiger partial charge is 0.306 e. The number of nitrogens with one attached hydrogen (secondary N) is 1. The molecular weight excluding hydrogens is 294 g/mol. The molecule has 112 valence electrons. The third kappa shape index (κ3) is 3.72. The second-order valence-electron chi connectivity index (χ2n) is 4.45. The molecule has 0 atom stereocenters. The van der Waals surface area contributed by atoms with E-state index in [-0.39, 0.29) is 17.7 Å². The van der Waals surface area contributed by atoms with Gasteiger partial charge < -0.3 is 4.74 Å². The zero-order chi connectivity index (χ0) is 15.2. The van der Waals surface area contributed by atoms with Gasteiger partial charge in [0.05, 0.1) is 7.11 Å². The number of anilines is 1. The maximum Gasteiger partial charge on any atom is 0.306 e. The molecule has 1 amide bonds. The zero-order valence-electron chi connectivity index (χ0n) is 11.9. The molecule has 0 saturated carbocycles. The van der Waals surface area contributed by atoms with Crippen LogP contribution in [0.1, 0.15) is 18.2 Å². The van der Waals surface area contributed by atoms with Crippen LogP contribution in [0.25, 0.3) is 0 Å². The molecule has 7 heteroatoms. The van der Waals surface area contributed by atoms with Crippen LogP contribution in [0.15, 0.2) is 28.8 Å². The topological polar surface area (TPSA) is 68.2 Å². The molecular formula is C14H17ClN3O3+. The number of rotatable bonds is 6. The molecule has 0 radical (unpaired) electrons. The highest BCUT2D eigenvalue weighted by Gasteiger charge is 2.24. The van der Waals surface area contributed by atoms with Gasteiger partial charge in [-0.2, -0.15) is 0 Å². The van der Waals surface area contributed by atoms with Crippen LogP contribution in [0, 0.1) is 0 Å². The van der Waals surface area contributed by atoms with E-state index in [4.69, 9.17) is 20.9 Å². The second kappa shape index (κ2) is 7.08. The number of methoxy groups -OCH3 is 1. The molecule has 0 bridgehead atoms. The number of aryl methyl sites for hydroxylation is 2. The number of alkyl halides is 1. The number of halogens is 1. The number of carbonyl (C=O) groups is 1. The first-order valence-corrected chi connectivity index (χ1v) is 7.03. The fourth-order valence-corrected chi connectivity index (χ4v) is 2.26. The van der Waals surface area contributed by atoms with E-state index in [1.165, 1.54) is 6.92 Å². The summed E-state index contributed by atoms with van der Waals surface area (Å²) in [5.74, 6) is 1.09. The Morgan fingerprint density at radius 2 is 2.24 bits per heavy atom. The van der Waals surface area contributed by atoms with Crippen molar-refractivity contribution >= 4 is 23.4 Å². The van der Waals surface area contributed by atoms with E-state index in [0.29, 0.717) is 18.7 Å². The van der Waals surface area contributed by atoms with E-state index in [1.54, 1.807) is 11.8 Å². The Bertz CT molecular complexity index is 628. The largest absolute Gasteiger partial charge is 0.496 e. The minimum Gasteiger partial charge on any atom is -0.496 e. The highest BCUT2D eigenvalue weighted by Crippen LogP contribution is 2.18. The number of carbonyl (C=O) groups excluding carboxylic acids is 1. The molecule has 0 aliphatic rings. The number of benzene rings is 1. The highest BCUT2D eigenvalue weighted by molar-refractivity contribution is 6.17. The van der Waals surface area contributed by atoms with Crippen LogP contribution in [0.3, 0.4) is 0 Å². The number of para-hydroxylation sites is 1. The number of amides is 1. The van der Waals surface area contributed by atoms with Crippen LogP contribution in [-0.4, -0.2) is 18.3 Å². The van der Waals surface area contributed by atoms with Gasteiger partial charge in [-0.15, -0.1) is 11.6 Å². The number of hydrogen-bond donors (Lipinski definition) is 1. The van der Waals surface area contributed by atoms with Crippen LogP contribution < -0.4 is 14.7 Å². The minimum absolute atomic E-state index is 0.199. The quantitative estimate of drug-likeness (QED) is 0.654. The maximum absolute atomic E-state index is 11.1. The standard InChI is InChI=1S/C14H16ClN3O3/c1-10(19)16-14-12(9-15)18(17-21-14)8-7-11-5-3-4-6-13(11)20-2/h3-6H,7-9H2,1-2H3/p+1. The van der Waals surface area contributed by atoms with Gasteiger partial charge in [-0.25, -0.2) is 0 Å². The summed E-state index contributed by atoms with van der Waals surface area (Å²) in [5.41, 5.74) is 1.71. The molecule has 2 aromatic rings. The predicted molar refractivity (Wildman–Crippen MR) is 77.3 cm³/mol. The van der Waals surface area contributed by atoms with Gasteiger partial charge >= 0.3 is 5.88 Å². The molecule has 0 aliphatic heterocycles. The Hall–Kier alpha value is -2.08. The Morgan fingerprint density at radius 3 is 2.90 bits per heavy atom. The summed E-state index contributed by atoms with van der Waals surface area (Å²) >= 11 is 5.91. The SMILES string of the molecule is COc1ccccc1CC[n+]1noc(NC(C)=O)c1CCl. The van der Waals surface area contributed by atoms with E-state index in [9.17, 15) is 4.79 Å². The number of nitrogens with zero attached hydrogens (tertiary/aromatic N) is 2. The molecule has 0 saturated heterocycles. The zero-order valence-corrected chi connectivity index (χ0v) is 12.7. The van der Waals surface area contributed by atoms with Crippen molar-refractivity contribution in [2.75, 3.05) is 12.4 Å². The normalized spacial score (nSPS) is 10.4. The predicted octanol–water partition coefficient (Wildman–Crippen LogP) is 1.91. The van der Waals surface area contributed by atoms with Gasteiger partial charge in [-0.3, -0.25) is 14.6 Å². The molecule has 6 nitrogen and oxygen atoms in total. The maximum atomic E-state index is 11.1. The third-order valence-corrected chi connectivity index (χ3v) is 3.26. The lowest BCUT2D eigenvalue weighted by Crippen LogP contribution is -2.40. The Kier molecular flexibility index (Phi) is 5.16. The van der Waals surface area contributed by atoms with E-state index in [1.807, 2.05) is 24.3 Å². The monoisotopic (exact) mass is 310 g/mol. The Morgan fingerprint density at radius 1 is 1.48 bits per heavy atom. The van der Waals surface area contributed by atoms with Gasteiger partial charge in [0.15, 0.2) is 6.54 Å².